The van der Waals surface area contributed by atoms with E-state index in [1.54, 1.807) is 0 Å². The third-order valence-electron chi connectivity index (χ3n) is 4.51. The molecule has 7 nitrogen and oxygen atoms in total. The van der Waals surface area contributed by atoms with Crippen molar-refractivity contribution >= 4 is 22.8 Å². The van der Waals surface area contributed by atoms with E-state index in [1.165, 1.54) is 26.2 Å². The molecule has 0 aliphatic rings. The molecule has 0 spiro atoms. The van der Waals surface area contributed by atoms with E-state index in [0.29, 0.717) is 17.3 Å². The second-order valence-electron chi connectivity index (χ2n) is 6.64. The van der Waals surface area contributed by atoms with Crippen LogP contribution in [0, 0.1) is 0 Å². The molecule has 0 aliphatic heterocycles. The number of carbonyl (C=O) groups excluding carboxylic acids is 1. The van der Waals surface area contributed by atoms with Crippen LogP contribution in [0.3, 0.4) is 0 Å². The van der Waals surface area contributed by atoms with Crippen LogP contribution in [0.2, 0.25) is 0 Å². The summed E-state index contributed by atoms with van der Waals surface area (Å²) < 4.78 is 7.05. The van der Waals surface area contributed by atoms with Crippen molar-refractivity contribution in [3.63, 3.8) is 0 Å². The Hall–Kier alpha value is -2.70. The molecule has 1 aromatic carbocycles. The number of nitrogens with one attached hydrogen (secondary N) is 1. The van der Waals surface area contributed by atoms with Gasteiger partial charge in [-0.3, -0.25) is 4.79 Å². The third-order valence-corrected chi connectivity index (χ3v) is 4.51. The summed E-state index contributed by atoms with van der Waals surface area (Å²) in [5.41, 5.74) is 2.39. The van der Waals surface area contributed by atoms with Crippen LogP contribution >= 0.6 is 0 Å². The molecule has 0 saturated carbocycles. The summed E-state index contributed by atoms with van der Waals surface area (Å²) in [7, 11) is 0. The van der Waals surface area contributed by atoms with Gasteiger partial charge in [0.25, 0.3) is 0 Å². The summed E-state index contributed by atoms with van der Waals surface area (Å²) in [6.45, 7) is 5.83. The van der Waals surface area contributed by atoms with Gasteiger partial charge in [-0.1, -0.05) is 44.7 Å². The Morgan fingerprint density at radius 1 is 1.23 bits per heavy atom. The Bertz CT molecular complexity index is 883. The zero-order valence-corrected chi connectivity index (χ0v) is 15.5. The minimum atomic E-state index is -0.225. The van der Waals surface area contributed by atoms with Gasteiger partial charge in [0, 0.05) is 13.0 Å². The number of nitrogens with zero attached hydrogens (tertiary/aromatic N) is 4. The molecule has 0 aliphatic carbocycles. The molecule has 138 valence electrons. The number of para-hydroxylation sites is 2. The maximum atomic E-state index is 11.4. The second kappa shape index (κ2) is 8.12. The van der Waals surface area contributed by atoms with Crippen LogP contribution in [-0.2, 0) is 4.79 Å². The van der Waals surface area contributed by atoms with Gasteiger partial charge in [0.15, 0.2) is 11.5 Å². The van der Waals surface area contributed by atoms with Gasteiger partial charge in [-0.05, 0) is 35.8 Å². The predicted molar refractivity (Wildman–Crippen MR) is 101 cm³/mol. The average Bonchev–Trinajstić information content (AvgIpc) is 3.21. The fraction of sp³-hybridized carbons (Fsp3) is 0.474. The van der Waals surface area contributed by atoms with Gasteiger partial charge >= 0.3 is 0 Å². The van der Waals surface area contributed by atoms with Crippen molar-refractivity contribution in [3.05, 3.63) is 24.3 Å². The molecular formula is C19H25N5O2. The van der Waals surface area contributed by atoms with Crippen molar-refractivity contribution in [1.29, 1.82) is 0 Å². The zero-order chi connectivity index (χ0) is 18.5. The van der Waals surface area contributed by atoms with Gasteiger partial charge in [0.05, 0.1) is 11.0 Å². The van der Waals surface area contributed by atoms with E-state index in [4.69, 9.17) is 9.61 Å². The highest BCUT2D eigenvalue weighted by atomic mass is 16.6. The van der Waals surface area contributed by atoms with Gasteiger partial charge in [-0.25, -0.2) is 9.61 Å². The molecule has 0 saturated heterocycles. The Morgan fingerprint density at radius 3 is 2.81 bits per heavy atom. The van der Waals surface area contributed by atoms with Crippen LogP contribution in [0.5, 0.6) is 0 Å². The third kappa shape index (κ3) is 3.76. The minimum Gasteiger partial charge on any atom is -0.320 e. The first kappa shape index (κ1) is 18.1. The maximum absolute atomic E-state index is 11.4. The monoisotopic (exact) mass is 355 g/mol. The van der Waals surface area contributed by atoms with E-state index < -0.39 is 0 Å². The van der Waals surface area contributed by atoms with E-state index >= 15 is 0 Å². The van der Waals surface area contributed by atoms with Gasteiger partial charge < -0.3 is 9.88 Å². The lowest BCUT2D eigenvalue weighted by Gasteiger charge is -2.17. The highest BCUT2D eigenvalue weighted by molar-refractivity contribution is 5.91. The van der Waals surface area contributed by atoms with Crippen LogP contribution in [0.1, 0.15) is 58.9 Å². The summed E-state index contributed by atoms with van der Waals surface area (Å²) in [6, 6.07) is 8.25. The number of amides is 1. The summed E-state index contributed by atoms with van der Waals surface area (Å²) in [5, 5.41) is 10.5. The van der Waals surface area contributed by atoms with E-state index in [9.17, 15) is 4.79 Å². The van der Waals surface area contributed by atoms with Crippen molar-refractivity contribution < 1.29 is 9.42 Å². The maximum Gasteiger partial charge on any atom is 0.222 e. The molecule has 3 aromatic rings. The van der Waals surface area contributed by atoms with Gasteiger partial charge in [-0.2, -0.15) is 0 Å². The first-order valence-electron chi connectivity index (χ1n) is 9.19. The van der Waals surface area contributed by atoms with Crippen molar-refractivity contribution in [2.75, 3.05) is 5.32 Å². The number of hydrogen-bond donors (Lipinski definition) is 1. The Morgan fingerprint density at radius 2 is 2.04 bits per heavy atom. The number of fused-ring (bicyclic) bond motifs is 1. The standard InChI is InChI=1S/C19H25N5O2/c1-4-5-6-7-10-13(2)24-16-12-9-8-11-15(16)21-19(24)17-18(20-14(3)25)23-26-22-17/h8-9,11-13H,4-7,10H2,1-3H3,(H,20,23,25)/t13-/m1/s1. The van der Waals surface area contributed by atoms with Crippen molar-refractivity contribution in [2.24, 2.45) is 0 Å². The summed E-state index contributed by atoms with van der Waals surface area (Å²) in [6.07, 6.45) is 5.92. The number of benzene rings is 1. The number of anilines is 1. The van der Waals surface area contributed by atoms with E-state index in [-0.39, 0.29) is 11.9 Å². The molecule has 26 heavy (non-hydrogen) atoms. The molecule has 1 amide bonds. The topological polar surface area (TPSA) is 85.8 Å². The molecule has 0 radical (unpaired) electrons. The Balaban J connectivity index is 2.00. The number of unbranched alkanes of at least 4 members (excludes halogenated alkanes) is 3. The highest BCUT2D eigenvalue weighted by Gasteiger charge is 2.23. The van der Waals surface area contributed by atoms with Crippen LogP contribution in [0.15, 0.2) is 28.9 Å². The lowest BCUT2D eigenvalue weighted by molar-refractivity contribution is -0.114. The predicted octanol–water partition coefficient (Wildman–Crippen LogP) is 4.58. The number of imidazole rings is 1. The fourth-order valence-electron chi connectivity index (χ4n) is 3.24. The first-order chi connectivity index (χ1) is 12.6. The van der Waals surface area contributed by atoms with Crippen molar-refractivity contribution in [1.82, 2.24) is 19.9 Å². The van der Waals surface area contributed by atoms with Crippen LogP contribution < -0.4 is 5.32 Å². The van der Waals surface area contributed by atoms with Crippen LogP contribution in [0.25, 0.3) is 22.6 Å². The van der Waals surface area contributed by atoms with Gasteiger partial charge in [-0.15, -0.1) is 0 Å². The molecular weight excluding hydrogens is 330 g/mol. The summed E-state index contributed by atoms with van der Waals surface area (Å²) >= 11 is 0. The molecule has 2 heterocycles. The summed E-state index contributed by atoms with van der Waals surface area (Å²) in [4.78, 5) is 16.2. The molecule has 0 bridgehead atoms. The van der Waals surface area contributed by atoms with Gasteiger partial charge in [0.2, 0.25) is 11.7 Å². The van der Waals surface area contributed by atoms with E-state index in [2.05, 4.69) is 40.1 Å². The van der Waals surface area contributed by atoms with Crippen LogP contribution in [0.4, 0.5) is 5.82 Å². The molecule has 1 N–H and O–H groups in total. The van der Waals surface area contributed by atoms with E-state index in [0.717, 1.165) is 23.9 Å². The van der Waals surface area contributed by atoms with Crippen molar-refractivity contribution in [3.8, 4) is 11.5 Å². The number of rotatable bonds is 8. The zero-order valence-electron chi connectivity index (χ0n) is 15.5. The molecule has 0 fully saturated rings. The SMILES string of the molecule is CCCCCC[C@@H](C)n1c(-c2nonc2NC(C)=O)nc2ccccc21. The molecule has 1 atom stereocenters. The quantitative estimate of drug-likeness (QED) is 0.598. The molecule has 7 heteroatoms. The molecule has 3 rings (SSSR count). The Labute approximate surface area is 152 Å². The number of carbonyl (C=O) groups is 1. The first-order valence-corrected chi connectivity index (χ1v) is 9.19. The smallest absolute Gasteiger partial charge is 0.222 e. The Kier molecular flexibility index (Phi) is 5.65. The van der Waals surface area contributed by atoms with E-state index in [1.807, 2.05) is 18.2 Å². The normalized spacial score (nSPS) is 12.4. The number of hydrogen-bond acceptors (Lipinski definition) is 5. The van der Waals surface area contributed by atoms with Gasteiger partial charge in [0.1, 0.15) is 0 Å². The second-order valence-corrected chi connectivity index (χ2v) is 6.64. The lowest BCUT2D eigenvalue weighted by atomic mass is 10.1. The van der Waals surface area contributed by atoms with Crippen molar-refractivity contribution in [2.45, 2.75) is 58.9 Å². The lowest BCUT2D eigenvalue weighted by Crippen LogP contribution is -2.10. The highest BCUT2D eigenvalue weighted by Crippen LogP contribution is 2.32. The minimum absolute atomic E-state index is 0.225. The average molecular weight is 355 g/mol. The largest absolute Gasteiger partial charge is 0.320 e. The fourth-order valence-corrected chi connectivity index (χ4v) is 3.24. The summed E-state index contributed by atoms with van der Waals surface area (Å²) in [5.74, 6) is 0.739. The van der Waals surface area contributed by atoms with Crippen LogP contribution in [-0.4, -0.2) is 25.8 Å². The number of aromatic nitrogens is 4. The molecule has 0 unspecified atom stereocenters. The molecule has 2 aromatic heterocycles.